The molecule has 3 unspecified atom stereocenters. The number of hydrogen-bond acceptors (Lipinski definition) is 1. The van der Waals surface area contributed by atoms with Crippen molar-refractivity contribution in [3.05, 3.63) is 0 Å². The fraction of sp³-hybridized carbons (Fsp3) is 0.909. The van der Waals surface area contributed by atoms with Crippen molar-refractivity contribution in [2.24, 2.45) is 28.6 Å². The molecule has 0 aliphatic heterocycles. The molecule has 0 saturated heterocycles. The summed E-state index contributed by atoms with van der Waals surface area (Å²) in [6.45, 7) is 6.35. The lowest BCUT2D eigenvalue weighted by atomic mass is 9.71. The molecule has 0 aromatic carbocycles. The first kappa shape index (κ1) is 7.11. The minimum Gasteiger partial charge on any atom is -0.299 e. The molecule has 0 aromatic rings. The maximum absolute atomic E-state index is 11.6. The summed E-state index contributed by atoms with van der Waals surface area (Å²) in [6.07, 6.45) is 2.69. The topological polar surface area (TPSA) is 17.1 Å². The molecule has 0 heterocycles. The predicted molar refractivity (Wildman–Crippen MR) is 46.6 cm³/mol. The van der Waals surface area contributed by atoms with E-state index in [2.05, 4.69) is 13.8 Å². The van der Waals surface area contributed by atoms with Crippen LogP contribution < -0.4 is 0 Å². The van der Waals surface area contributed by atoms with Gasteiger partial charge >= 0.3 is 0 Å². The molecule has 0 amide bonds. The van der Waals surface area contributed by atoms with Crippen LogP contribution in [0.4, 0.5) is 0 Å². The Bertz CT molecular complexity index is 269. The Morgan fingerprint density at radius 2 is 1.75 bits per heavy atom. The van der Waals surface area contributed by atoms with Gasteiger partial charge in [-0.05, 0) is 42.9 Å². The van der Waals surface area contributed by atoms with Crippen molar-refractivity contribution in [3.8, 4) is 0 Å². The molecule has 4 aliphatic rings. The van der Waals surface area contributed by atoms with Gasteiger partial charge in [-0.15, -0.1) is 0 Å². The molecule has 1 heteroatoms. The molecule has 4 rings (SSSR count). The fourth-order valence-electron chi connectivity index (χ4n) is 4.57. The second-order valence-electron chi connectivity index (χ2n) is 5.42. The number of ketones is 1. The van der Waals surface area contributed by atoms with Crippen LogP contribution in [-0.4, -0.2) is 5.78 Å². The molecule has 0 radical (unpaired) electrons. The summed E-state index contributed by atoms with van der Waals surface area (Å²) in [7, 11) is 0. The van der Waals surface area contributed by atoms with Gasteiger partial charge in [0.2, 0.25) is 0 Å². The first-order valence-corrected chi connectivity index (χ1v) is 5.04. The lowest BCUT2D eigenvalue weighted by Gasteiger charge is -2.30. The van der Waals surface area contributed by atoms with Crippen LogP contribution in [0.15, 0.2) is 0 Å². The minimum absolute atomic E-state index is 0.0579. The fourth-order valence-corrected chi connectivity index (χ4v) is 4.57. The lowest BCUT2D eigenvalue weighted by molar-refractivity contribution is -0.129. The van der Waals surface area contributed by atoms with Gasteiger partial charge in [-0.2, -0.15) is 0 Å². The van der Waals surface area contributed by atoms with Crippen molar-refractivity contribution in [3.63, 3.8) is 0 Å². The normalized spacial score (nSPS) is 65.4. The molecule has 0 aromatic heterocycles. The lowest BCUT2D eigenvalue weighted by Crippen LogP contribution is -2.34. The van der Waals surface area contributed by atoms with Gasteiger partial charge in [0.25, 0.3) is 0 Å². The van der Waals surface area contributed by atoms with Gasteiger partial charge in [-0.25, -0.2) is 0 Å². The molecule has 4 saturated carbocycles. The first-order chi connectivity index (χ1) is 5.53. The molecule has 12 heavy (non-hydrogen) atoms. The number of hydrogen-bond donors (Lipinski definition) is 0. The standard InChI is InChI=1S/C11H16O/c1-6(12)10(2)7-4-8-9(5-7)11(8,10)3/h7-9H,4-5H2,1-3H3. The summed E-state index contributed by atoms with van der Waals surface area (Å²) >= 11 is 0. The van der Waals surface area contributed by atoms with E-state index in [9.17, 15) is 4.79 Å². The Labute approximate surface area is 73.5 Å². The zero-order valence-corrected chi connectivity index (χ0v) is 8.05. The van der Waals surface area contributed by atoms with E-state index in [-0.39, 0.29) is 5.41 Å². The highest BCUT2D eigenvalue weighted by Gasteiger charge is 2.82. The highest BCUT2D eigenvalue weighted by Crippen LogP contribution is 2.86. The molecule has 3 atom stereocenters. The maximum Gasteiger partial charge on any atom is 0.136 e. The van der Waals surface area contributed by atoms with Crippen LogP contribution in [0.25, 0.3) is 0 Å². The van der Waals surface area contributed by atoms with Crippen LogP contribution in [0.1, 0.15) is 33.6 Å². The van der Waals surface area contributed by atoms with Crippen LogP contribution in [0, 0.1) is 28.6 Å². The number of carbonyl (C=O) groups excluding carboxylic acids is 1. The van der Waals surface area contributed by atoms with Crippen LogP contribution in [0.5, 0.6) is 0 Å². The Morgan fingerprint density at radius 1 is 1.25 bits per heavy atom. The van der Waals surface area contributed by atoms with E-state index >= 15 is 0 Å². The Morgan fingerprint density at radius 3 is 1.92 bits per heavy atom. The van der Waals surface area contributed by atoms with Crippen LogP contribution >= 0.6 is 0 Å². The predicted octanol–water partition coefficient (Wildman–Crippen LogP) is 2.26. The van der Waals surface area contributed by atoms with Gasteiger partial charge in [0.05, 0.1) is 0 Å². The molecule has 0 spiro atoms. The summed E-state index contributed by atoms with van der Waals surface area (Å²) < 4.78 is 0. The zero-order valence-electron chi connectivity index (χ0n) is 8.05. The van der Waals surface area contributed by atoms with Crippen molar-refractivity contribution in [2.75, 3.05) is 0 Å². The first-order valence-electron chi connectivity index (χ1n) is 5.04. The van der Waals surface area contributed by atoms with Crippen molar-refractivity contribution < 1.29 is 4.79 Å². The van der Waals surface area contributed by atoms with E-state index in [1.807, 2.05) is 0 Å². The molecular weight excluding hydrogens is 148 g/mol. The number of Topliss-reactive ketones (excluding diaryl/α,β-unsaturated/α-hetero) is 1. The number of rotatable bonds is 1. The summed E-state index contributed by atoms with van der Waals surface area (Å²) in [5.41, 5.74) is 0.478. The van der Waals surface area contributed by atoms with Gasteiger partial charge in [-0.1, -0.05) is 13.8 Å². The molecule has 66 valence electrons. The average Bonchev–Trinajstić information content (AvgIpc) is 2.37. The van der Waals surface area contributed by atoms with E-state index in [1.165, 1.54) is 12.8 Å². The summed E-state index contributed by atoms with van der Waals surface area (Å²) in [4.78, 5) is 11.6. The van der Waals surface area contributed by atoms with Crippen molar-refractivity contribution in [1.29, 1.82) is 0 Å². The molecule has 0 N–H and O–H groups in total. The average molecular weight is 164 g/mol. The van der Waals surface area contributed by atoms with Crippen LogP contribution in [0.2, 0.25) is 0 Å². The Balaban J connectivity index is 2.14. The highest BCUT2D eigenvalue weighted by molar-refractivity contribution is 5.85. The molecule has 4 fully saturated rings. The molecule has 1 nitrogen and oxygen atoms in total. The second-order valence-corrected chi connectivity index (χ2v) is 5.42. The zero-order chi connectivity index (χ0) is 8.72. The third-order valence-corrected chi connectivity index (χ3v) is 5.66. The maximum atomic E-state index is 11.6. The van der Waals surface area contributed by atoms with E-state index < -0.39 is 0 Å². The van der Waals surface area contributed by atoms with Crippen molar-refractivity contribution >= 4 is 5.78 Å². The minimum atomic E-state index is 0.0579. The highest BCUT2D eigenvalue weighted by atomic mass is 16.1. The van der Waals surface area contributed by atoms with Gasteiger partial charge < -0.3 is 0 Å². The number of carbonyl (C=O) groups is 1. The second kappa shape index (κ2) is 1.51. The quantitative estimate of drug-likeness (QED) is 0.581. The molecular formula is C11H16O. The van der Waals surface area contributed by atoms with Gasteiger partial charge in [-0.3, -0.25) is 4.79 Å². The Kier molecular flexibility index (Phi) is 0.897. The van der Waals surface area contributed by atoms with Gasteiger partial charge in [0.1, 0.15) is 5.78 Å². The monoisotopic (exact) mass is 164 g/mol. The van der Waals surface area contributed by atoms with Crippen LogP contribution in [-0.2, 0) is 4.79 Å². The van der Waals surface area contributed by atoms with Crippen molar-refractivity contribution in [2.45, 2.75) is 33.6 Å². The third kappa shape index (κ3) is 0.399. The van der Waals surface area contributed by atoms with Crippen LogP contribution in [0.3, 0.4) is 0 Å². The largest absolute Gasteiger partial charge is 0.299 e. The Hall–Kier alpha value is -0.330. The summed E-state index contributed by atoms with van der Waals surface area (Å²) in [5, 5.41) is 0. The summed E-state index contributed by atoms with van der Waals surface area (Å²) in [5.74, 6) is 3.00. The van der Waals surface area contributed by atoms with E-state index in [0.717, 1.165) is 17.8 Å². The SMILES string of the molecule is CC(=O)C1(C)C2CC3C(C2)C31C. The molecule has 4 bridgehead atoms. The van der Waals surface area contributed by atoms with E-state index in [4.69, 9.17) is 0 Å². The van der Waals surface area contributed by atoms with Gasteiger partial charge in [0, 0.05) is 5.41 Å². The smallest absolute Gasteiger partial charge is 0.136 e. The van der Waals surface area contributed by atoms with E-state index in [0.29, 0.717) is 11.2 Å². The van der Waals surface area contributed by atoms with Gasteiger partial charge in [0.15, 0.2) is 0 Å². The van der Waals surface area contributed by atoms with E-state index in [1.54, 1.807) is 6.92 Å². The third-order valence-electron chi connectivity index (χ3n) is 5.66. The molecule has 4 aliphatic carbocycles. The summed E-state index contributed by atoms with van der Waals surface area (Å²) in [6, 6.07) is 0. The van der Waals surface area contributed by atoms with Crippen molar-refractivity contribution in [1.82, 2.24) is 0 Å².